The molecule has 2 heterocycles. The number of hydrogen-bond acceptors (Lipinski definition) is 7. The van der Waals surface area contributed by atoms with E-state index in [0.717, 1.165) is 11.3 Å². The van der Waals surface area contributed by atoms with Crippen LogP contribution in [0.4, 0.5) is 10.5 Å². The van der Waals surface area contributed by atoms with Gasteiger partial charge in [-0.25, -0.2) is 4.79 Å². The van der Waals surface area contributed by atoms with Crippen molar-refractivity contribution in [2.24, 2.45) is 0 Å². The van der Waals surface area contributed by atoms with Crippen molar-refractivity contribution in [2.75, 3.05) is 46.3 Å². The summed E-state index contributed by atoms with van der Waals surface area (Å²) in [5, 5.41) is 3.51. The Morgan fingerprint density at radius 1 is 1.03 bits per heavy atom. The molecule has 0 aromatic heterocycles. The van der Waals surface area contributed by atoms with Crippen LogP contribution < -0.4 is 19.5 Å². The third-order valence-electron chi connectivity index (χ3n) is 6.35. The molecule has 2 aliphatic rings. The number of nitrogens with zero attached hydrogens (tertiary/aromatic N) is 2. The monoisotopic (exact) mass is 469 g/mol. The summed E-state index contributed by atoms with van der Waals surface area (Å²) in [6.07, 6.45) is 0.674. The van der Waals surface area contributed by atoms with Crippen molar-refractivity contribution in [3.63, 3.8) is 0 Å². The lowest BCUT2D eigenvalue weighted by Gasteiger charge is -2.39. The Morgan fingerprint density at radius 2 is 1.68 bits per heavy atom. The molecule has 1 atom stereocenters. The Morgan fingerprint density at radius 3 is 2.26 bits per heavy atom. The van der Waals surface area contributed by atoms with Gasteiger partial charge in [0.05, 0.1) is 27.9 Å². The minimum Gasteiger partial charge on any atom is -0.493 e. The van der Waals surface area contributed by atoms with E-state index in [2.05, 4.69) is 5.32 Å². The number of rotatable bonds is 7. The molecular weight excluding hydrogens is 438 g/mol. The molecule has 2 aromatic rings. The zero-order valence-corrected chi connectivity index (χ0v) is 20.0. The molecule has 1 fully saturated rings. The van der Waals surface area contributed by atoms with Crippen LogP contribution >= 0.6 is 0 Å². The third-order valence-corrected chi connectivity index (χ3v) is 6.35. The zero-order valence-electron chi connectivity index (χ0n) is 20.0. The summed E-state index contributed by atoms with van der Waals surface area (Å²) in [6, 6.07) is 11.3. The number of nitrogens with one attached hydrogen (secondary N) is 1. The average molecular weight is 470 g/mol. The van der Waals surface area contributed by atoms with Crippen LogP contribution in [0, 0.1) is 0 Å². The highest BCUT2D eigenvalue weighted by molar-refractivity contribution is 5.99. The number of likely N-dealkylation sites (tertiary alicyclic amines) is 1. The van der Waals surface area contributed by atoms with E-state index in [1.54, 1.807) is 33.2 Å². The van der Waals surface area contributed by atoms with Crippen molar-refractivity contribution in [2.45, 2.75) is 32.0 Å². The van der Waals surface area contributed by atoms with Crippen LogP contribution in [0.5, 0.6) is 17.2 Å². The van der Waals surface area contributed by atoms with Crippen LogP contribution in [0.3, 0.4) is 0 Å². The molecule has 9 heteroatoms. The number of benzene rings is 2. The number of amides is 2. The minimum atomic E-state index is -0.370. The fourth-order valence-electron chi connectivity index (χ4n) is 4.72. The van der Waals surface area contributed by atoms with Crippen LogP contribution in [0.15, 0.2) is 36.4 Å². The third kappa shape index (κ3) is 4.30. The first kappa shape index (κ1) is 23.5. The predicted molar refractivity (Wildman–Crippen MR) is 127 cm³/mol. The van der Waals surface area contributed by atoms with E-state index in [1.807, 2.05) is 41.3 Å². The molecule has 182 valence electrons. The van der Waals surface area contributed by atoms with E-state index >= 15 is 0 Å². The van der Waals surface area contributed by atoms with Gasteiger partial charge in [0.2, 0.25) is 5.75 Å². The largest absolute Gasteiger partial charge is 0.493 e. The number of anilines is 1. The van der Waals surface area contributed by atoms with E-state index in [1.165, 1.54) is 0 Å². The maximum atomic E-state index is 13.5. The molecular formula is C25H31N3O6. The zero-order chi connectivity index (χ0) is 24.2. The van der Waals surface area contributed by atoms with Gasteiger partial charge in [-0.3, -0.25) is 4.79 Å². The SMILES string of the molecule is CCOC(=O)N1CCC(N2C(=O)c3ccccc3[C@@H]2Nc2cc(OC)c(OC)c(OC)c2)CC1. The van der Waals surface area contributed by atoms with Gasteiger partial charge in [0, 0.05) is 48.1 Å². The minimum absolute atomic E-state index is 0.0184. The first-order valence-corrected chi connectivity index (χ1v) is 11.4. The quantitative estimate of drug-likeness (QED) is 0.658. The molecule has 0 bridgehead atoms. The highest BCUT2D eigenvalue weighted by atomic mass is 16.6. The van der Waals surface area contributed by atoms with E-state index in [4.69, 9.17) is 18.9 Å². The molecule has 34 heavy (non-hydrogen) atoms. The van der Waals surface area contributed by atoms with E-state index in [9.17, 15) is 9.59 Å². The van der Waals surface area contributed by atoms with Gasteiger partial charge in [-0.1, -0.05) is 18.2 Å². The van der Waals surface area contributed by atoms with Gasteiger partial charge in [-0.05, 0) is 25.8 Å². The summed E-state index contributed by atoms with van der Waals surface area (Å²) in [5.74, 6) is 1.53. The summed E-state index contributed by atoms with van der Waals surface area (Å²) in [7, 11) is 4.70. The van der Waals surface area contributed by atoms with Gasteiger partial charge in [0.15, 0.2) is 11.5 Å². The number of ether oxygens (including phenoxy) is 4. The first-order chi connectivity index (χ1) is 16.5. The normalized spacial score (nSPS) is 17.9. The van der Waals surface area contributed by atoms with Crippen molar-refractivity contribution in [3.05, 3.63) is 47.5 Å². The van der Waals surface area contributed by atoms with Crippen molar-refractivity contribution < 1.29 is 28.5 Å². The molecule has 1 N–H and O–H groups in total. The average Bonchev–Trinajstić information content (AvgIpc) is 3.14. The van der Waals surface area contributed by atoms with Gasteiger partial charge in [-0.15, -0.1) is 0 Å². The molecule has 0 unspecified atom stereocenters. The second kappa shape index (κ2) is 10.1. The summed E-state index contributed by atoms with van der Waals surface area (Å²) >= 11 is 0. The Kier molecular flexibility index (Phi) is 7.00. The maximum absolute atomic E-state index is 13.5. The molecule has 2 aliphatic heterocycles. The summed E-state index contributed by atoms with van der Waals surface area (Å²) in [5.41, 5.74) is 2.33. The Labute approximate surface area is 199 Å². The summed E-state index contributed by atoms with van der Waals surface area (Å²) < 4.78 is 21.6. The molecule has 9 nitrogen and oxygen atoms in total. The lowest BCUT2D eigenvalue weighted by Crippen LogP contribution is -2.49. The molecule has 1 saturated heterocycles. The van der Waals surface area contributed by atoms with Gasteiger partial charge < -0.3 is 34.1 Å². The lowest BCUT2D eigenvalue weighted by atomic mass is 10.0. The summed E-state index contributed by atoms with van der Waals surface area (Å²) in [6.45, 7) is 3.23. The lowest BCUT2D eigenvalue weighted by molar-refractivity contribution is 0.0496. The molecule has 4 rings (SSSR count). The number of methoxy groups -OCH3 is 3. The Bertz CT molecular complexity index is 1030. The van der Waals surface area contributed by atoms with Crippen molar-refractivity contribution in [1.29, 1.82) is 0 Å². The summed E-state index contributed by atoms with van der Waals surface area (Å²) in [4.78, 5) is 29.2. The van der Waals surface area contributed by atoms with E-state index in [0.29, 0.717) is 55.4 Å². The highest BCUT2D eigenvalue weighted by Gasteiger charge is 2.42. The second-order valence-corrected chi connectivity index (χ2v) is 8.18. The molecule has 2 amide bonds. The second-order valence-electron chi connectivity index (χ2n) is 8.18. The number of fused-ring (bicyclic) bond motifs is 1. The van der Waals surface area contributed by atoms with Crippen LogP contribution in [-0.2, 0) is 4.74 Å². The van der Waals surface area contributed by atoms with Crippen LogP contribution in [0.25, 0.3) is 0 Å². The fourth-order valence-corrected chi connectivity index (χ4v) is 4.72. The highest BCUT2D eigenvalue weighted by Crippen LogP contribution is 2.43. The Hall–Kier alpha value is -3.62. The van der Waals surface area contributed by atoms with E-state index in [-0.39, 0.29) is 24.2 Å². The van der Waals surface area contributed by atoms with E-state index < -0.39 is 0 Å². The molecule has 2 aromatic carbocycles. The predicted octanol–water partition coefficient (Wildman–Crippen LogP) is 3.90. The van der Waals surface area contributed by atoms with Gasteiger partial charge >= 0.3 is 6.09 Å². The van der Waals surface area contributed by atoms with Gasteiger partial charge in [0.1, 0.15) is 6.17 Å². The van der Waals surface area contributed by atoms with Crippen molar-refractivity contribution in [1.82, 2.24) is 9.80 Å². The molecule has 0 spiro atoms. The van der Waals surface area contributed by atoms with Gasteiger partial charge in [-0.2, -0.15) is 0 Å². The molecule has 0 aliphatic carbocycles. The van der Waals surface area contributed by atoms with Crippen molar-refractivity contribution in [3.8, 4) is 17.2 Å². The first-order valence-electron chi connectivity index (χ1n) is 11.4. The topological polar surface area (TPSA) is 89.6 Å². The number of piperidine rings is 1. The fraction of sp³-hybridized carbons (Fsp3) is 0.440. The molecule has 0 saturated carbocycles. The molecule has 0 radical (unpaired) electrons. The Balaban J connectivity index is 1.62. The van der Waals surface area contributed by atoms with Gasteiger partial charge in [0.25, 0.3) is 5.91 Å². The number of hydrogen-bond donors (Lipinski definition) is 1. The van der Waals surface area contributed by atoms with Crippen LogP contribution in [0.2, 0.25) is 0 Å². The number of carbonyl (C=O) groups is 2. The van der Waals surface area contributed by atoms with Crippen molar-refractivity contribution >= 4 is 17.7 Å². The number of carbonyl (C=O) groups excluding carboxylic acids is 2. The van der Waals surface area contributed by atoms with Crippen LogP contribution in [-0.4, -0.2) is 68.9 Å². The maximum Gasteiger partial charge on any atom is 0.409 e. The van der Waals surface area contributed by atoms with Crippen LogP contribution in [0.1, 0.15) is 41.9 Å². The standard InChI is InChI=1S/C25H31N3O6/c1-5-34-25(30)27-12-10-17(11-13-27)28-23(18-8-6-7-9-19(18)24(28)29)26-16-14-20(31-2)22(33-4)21(15-16)32-3/h6-9,14-15,17,23,26H,5,10-13H2,1-4H3/t23-/m1/s1. The smallest absolute Gasteiger partial charge is 0.409 e.